The van der Waals surface area contributed by atoms with E-state index in [2.05, 4.69) is 38.2 Å². The lowest BCUT2D eigenvalue weighted by atomic mass is 9.92. The summed E-state index contributed by atoms with van der Waals surface area (Å²) in [6, 6.07) is 6.55. The first kappa shape index (κ1) is 13.5. The van der Waals surface area contributed by atoms with Crippen molar-refractivity contribution < 1.29 is 0 Å². The van der Waals surface area contributed by atoms with Crippen LogP contribution in [0.25, 0.3) is 0 Å². The molecule has 90 valence electrons. The fourth-order valence-electron chi connectivity index (χ4n) is 1.96. The van der Waals surface area contributed by atoms with E-state index in [1.165, 1.54) is 17.5 Å². The van der Waals surface area contributed by atoms with Crippen molar-refractivity contribution in [2.75, 3.05) is 7.05 Å². The summed E-state index contributed by atoms with van der Waals surface area (Å²) in [6.07, 6.45) is 2.38. The molecule has 0 aromatic heterocycles. The van der Waals surface area contributed by atoms with E-state index in [-0.39, 0.29) is 0 Å². The minimum Gasteiger partial charge on any atom is -0.313 e. The van der Waals surface area contributed by atoms with E-state index in [1.807, 2.05) is 13.1 Å². The van der Waals surface area contributed by atoms with Crippen molar-refractivity contribution in [1.82, 2.24) is 5.32 Å². The van der Waals surface area contributed by atoms with Gasteiger partial charge >= 0.3 is 0 Å². The van der Waals surface area contributed by atoms with Gasteiger partial charge in [-0.2, -0.15) is 0 Å². The van der Waals surface area contributed by atoms with Crippen LogP contribution in [0.4, 0.5) is 0 Å². The van der Waals surface area contributed by atoms with E-state index in [0.717, 1.165) is 17.4 Å². The van der Waals surface area contributed by atoms with Crippen LogP contribution in [0, 0.1) is 12.8 Å². The molecule has 0 saturated carbocycles. The number of rotatable bonds is 5. The Bertz CT molecular complexity index is 336. The molecule has 0 saturated heterocycles. The van der Waals surface area contributed by atoms with Crippen molar-refractivity contribution in [3.8, 4) is 0 Å². The van der Waals surface area contributed by atoms with Crippen molar-refractivity contribution in [2.24, 2.45) is 5.92 Å². The Labute approximate surface area is 104 Å². The number of halogens is 1. The fraction of sp³-hybridized carbons (Fsp3) is 0.571. The Morgan fingerprint density at radius 2 is 2.06 bits per heavy atom. The topological polar surface area (TPSA) is 12.0 Å². The summed E-state index contributed by atoms with van der Waals surface area (Å²) in [5.74, 6) is 0.732. The second kappa shape index (κ2) is 6.27. The average molecular weight is 240 g/mol. The zero-order chi connectivity index (χ0) is 12.1. The highest BCUT2D eigenvalue weighted by molar-refractivity contribution is 6.30. The minimum absolute atomic E-state index is 0.411. The third-order valence-electron chi connectivity index (χ3n) is 3.30. The minimum atomic E-state index is 0.411. The summed E-state index contributed by atoms with van der Waals surface area (Å²) in [5, 5.41) is 4.22. The number of nitrogens with one attached hydrogen (secondary N) is 1. The van der Waals surface area contributed by atoms with Gasteiger partial charge < -0.3 is 5.32 Å². The smallest absolute Gasteiger partial charge is 0.0409 e. The van der Waals surface area contributed by atoms with Crippen LogP contribution in [0.5, 0.6) is 0 Å². The highest BCUT2D eigenvalue weighted by Gasteiger charge is 2.14. The van der Waals surface area contributed by atoms with E-state index in [9.17, 15) is 0 Å². The standard InChI is InChI=1S/C14H22ClN/c1-5-10(2)8-14(16-4)13-9-12(15)7-6-11(13)3/h6-7,9-10,14,16H,5,8H2,1-4H3. The predicted octanol–water partition coefficient (Wildman–Crippen LogP) is 4.35. The normalized spacial score (nSPS) is 14.8. The summed E-state index contributed by atoms with van der Waals surface area (Å²) < 4.78 is 0. The molecule has 1 rings (SSSR count). The quantitative estimate of drug-likeness (QED) is 0.806. The molecule has 2 unspecified atom stereocenters. The molecule has 1 N–H and O–H groups in total. The largest absolute Gasteiger partial charge is 0.313 e. The van der Waals surface area contributed by atoms with Gasteiger partial charge in [0.1, 0.15) is 0 Å². The van der Waals surface area contributed by atoms with Gasteiger partial charge in [0, 0.05) is 11.1 Å². The van der Waals surface area contributed by atoms with Crippen LogP contribution in [0.15, 0.2) is 18.2 Å². The summed E-state index contributed by atoms with van der Waals surface area (Å²) in [4.78, 5) is 0. The molecule has 2 atom stereocenters. The number of benzene rings is 1. The van der Waals surface area contributed by atoms with Crippen LogP contribution in [-0.4, -0.2) is 7.05 Å². The van der Waals surface area contributed by atoms with Gasteiger partial charge in [-0.1, -0.05) is 37.9 Å². The van der Waals surface area contributed by atoms with E-state index in [4.69, 9.17) is 11.6 Å². The summed E-state index contributed by atoms with van der Waals surface area (Å²) >= 11 is 6.06. The molecular weight excluding hydrogens is 218 g/mol. The van der Waals surface area contributed by atoms with E-state index in [1.54, 1.807) is 0 Å². The SMILES string of the molecule is CCC(C)CC(NC)c1cc(Cl)ccc1C. The van der Waals surface area contributed by atoms with Gasteiger partial charge in [-0.3, -0.25) is 0 Å². The molecule has 0 aliphatic carbocycles. The molecule has 1 aromatic rings. The van der Waals surface area contributed by atoms with E-state index in [0.29, 0.717) is 6.04 Å². The molecule has 0 bridgehead atoms. The lowest BCUT2D eigenvalue weighted by molar-refractivity contribution is 0.421. The Balaban J connectivity index is 2.89. The Morgan fingerprint density at radius 1 is 1.38 bits per heavy atom. The number of aryl methyl sites for hydroxylation is 1. The van der Waals surface area contributed by atoms with Gasteiger partial charge in [0.15, 0.2) is 0 Å². The van der Waals surface area contributed by atoms with Gasteiger partial charge in [0.05, 0.1) is 0 Å². The summed E-state index contributed by atoms with van der Waals surface area (Å²) in [7, 11) is 2.02. The molecule has 0 aliphatic heterocycles. The molecule has 0 aliphatic rings. The zero-order valence-electron chi connectivity index (χ0n) is 10.7. The van der Waals surface area contributed by atoms with Crippen LogP contribution in [0.1, 0.15) is 43.9 Å². The van der Waals surface area contributed by atoms with Crippen LogP contribution in [0.2, 0.25) is 5.02 Å². The maximum Gasteiger partial charge on any atom is 0.0409 e. The highest BCUT2D eigenvalue weighted by atomic mass is 35.5. The molecule has 16 heavy (non-hydrogen) atoms. The maximum absolute atomic E-state index is 6.06. The van der Waals surface area contributed by atoms with Crippen molar-refractivity contribution >= 4 is 11.6 Å². The highest BCUT2D eigenvalue weighted by Crippen LogP contribution is 2.27. The molecule has 0 amide bonds. The third kappa shape index (κ3) is 3.50. The molecular formula is C14H22ClN. The summed E-state index contributed by atoms with van der Waals surface area (Å²) in [6.45, 7) is 6.68. The summed E-state index contributed by atoms with van der Waals surface area (Å²) in [5.41, 5.74) is 2.64. The molecule has 2 heteroatoms. The third-order valence-corrected chi connectivity index (χ3v) is 3.54. The first-order valence-electron chi connectivity index (χ1n) is 6.01. The number of hydrogen-bond donors (Lipinski definition) is 1. The lowest BCUT2D eigenvalue weighted by Crippen LogP contribution is -2.19. The monoisotopic (exact) mass is 239 g/mol. The second-order valence-corrected chi connectivity index (χ2v) is 5.03. The Hall–Kier alpha value is -0.530. The maximum atomic E-state index is 6.06. The zero-order valence-corrected chi connectivity index (χ0v) is 11.4. The van der Waals surface area contributed by atoms with Crippen LogP contribution in [-0.2, 0) is 0 Å². The van der Waals surface area contributed by atoms with E-state index < -0.39 is 0 Å². The van der Waals surface area contributed by atoms with Gasteiger partial charge in [-0.25, -0.2) is 0 Å². The molecule has 1 nitrogen and oxygen atoms in total. The van der Waals surface area contributed by atoms with Gasteiger partial charge in [-0.05, 0) is 49.6 Å². The van der Waals surface area contributed by atoms with Crippen molar-refractivity contribution in [2.45, 2.75) is 39.7 Å². The Morgan fingerprint density at radius 3 is 2.62 bits per heavy atom. The van der Waals surface area contributed by atoms with Crippen LogP contribution < -0.4 is 5.32 Å². The lowest BCUT2D eigenvalue weighted by Gasteiger charge is -2.22. The Kier molecular flexibility index (Phi) is 5.30. The van der Waals surface area contributed by atoms with Gasteiger partial charge in [0.2, 0.25) is 0 Å². The molecule has 0 fully saturated rings. The molecule has 0 spiro atoms. The van der Waals surface area contributed by atoms with Crippen LogP contribution in [0.3, 0.4) is 0 Å². The predicted molar refractivity (Wildman–Crippen MR) is 72.1 cm³/mol. The number of hydrogen-bond acceptors (Lipinski definition) is 1. The van der Waals surface area contributed by atoms with Crippen molar-refractivity contribution in [1.29, 1.82) is 0 Å². The molecule has 1 aromatic carbocycles. The van der Waals surface area contributed by atoms with Gasteiger partial charge in [0.25, 0.3) is 0 Å². The van der Waals surface area contributed by atoms with Crippen molar-refractivity contribution in [3.05, 3.63) is 34.3 Å². The fourth-order valence-corrected chi connectivity index (χ4v) is 2.14. The van der Waals surface area contributed by atoms with Crippen LogP contribution >= 0.6 is 11.6 Å². The van der Waals surface area contributed by atoms with Gasteiger partial charge in [-0.15, -0.1) is 0 Å². The van der Waals surface area contributed by atoms with Crippen molar-refractivity contribution in [3.63, 3.8) is 0 Å². The first-order valence-corrected chi connectivity index (χ1v) is 6.39. The second-order valence-electron chi connectivity index (χ2n) is 4.59. The first-order chi connectivity index (χ1) is 7.58. The molecule has 0 heterocycles. The molecule has 0 radical (unpaired) electrons. The van der Waals surface area contributed by atoms with E-state index >= 15 is 0 Å². The average Bonchev–Trinajstić information content (AvgIpc) is 2.29.